The van der Waals surface area contributed by atoms with Crippen molar-refractivity contribution in [2.75, 3.05) is 13.2 Å². The molecule has 0 radical (unpaired) electrons. The second-order valence-electron chi connectivity index (χ2n) is 7.80. The molecule has 1 aromatic rings. The third-order valence-electron chi connectivity index (χ3n) is 4.85. The number of hydrogen-bond donors (Lipinski definition) is 9. The number of nitrogens with one attached hydrogen (secondary N) is 3. The molecular formula is C21H33N7O7. The second-order valence-corrected chi connectivity index (χ2v) is 7.80. The molecule has 12 N–H and O–H groups in total. The first-order valence-electron chi connectivity index (χ1n) is 10.8. The smallest absolute Gasteiger partial charge is 0.326 e. The first-order valence-corrected chi connectivity index (χ1v) is 10.8. The molecule has 14 heteroatoms. The van der Waals surface area contributed by atoms with Crippen LogP contribution in [-0.4, -0.2) is 82.3 Å². The zero-order chi connectivity index (χ0) is 26.5. The summed E-state index contributed by atoms with van der Waals surface area (Å²) in [6.45, 7) is 0.894. The quantitative estimate of drug-likeness (QED) is 0.0712. The van der Waals surface area contributed by atoms with Crippen LogP contribution in [0.25, 0.3) is 0 Å². The zero-order valence-corrected chi connectivity index (χ0v) is 19.3. The Morgan fingerprint density at radius 3 is 2.11 bits per heavy atom. The maximum atomic E-state index is 12.9. The molecule has 0 aliphatic heterocycles. The number of aliphatic imine (C=N–C) groups is 1. The van der Waals surface area contributed by atoms with Gasteiger partial charge in [0.15, 0.2) is 5.96 Å². The number of guanidine groups is 1. The van der Waals surface area contributed by atoms with Crippen molar-refractivity contribution in [2.24, 2.45) is 22.2 Å². The largest absolute Gasteiger partial charge is 0.508 e. The maximum Gasteiger partial charge on any atom is 0.326 e. The van der Waals surface area contributed by atoms with Crippen LogP contribution >= 0.6 is 0 Å². The number of amides is 3. The molecule has 194 valence electrons. The molecule has 0 aromatic heterocycles. The zero-order valence-electron chi connectivity index (χ0n) is 19.3. The summed E-state index contributed by atoms with van der Waals surface area (Å²) in [5.74, 6) is -3.66. The van der Waals surface area contributed by atoms with Crippen LogP contribution in [0.15, 0.2) is 29.3 Å². The average molecular weight is 496 g/mol. The minimum atomic E-state index is -1.27. The fourth-order valence-corrected chi connectivity index (χ4v) is 2.88. The van der Waals surface area contributed by atoms with Crippen molar-refractivity contribution in [2.45, 2.75) is 50.4 Å². The Kier molecular flexibility index (Phi) is 12.0. The van der Waals surface area contributed by atoms with Gasteiger partial charge in [-0.05, 0) is 37.5 Å². The lowest BCUT2D eigenvalue weighted by Crippen LogP contribution is -2.57. The number of carbonyl (C=O) groups is 4. The lowest BCUT2D eigenvalue weighted by Gasteiger charge is -2.23. The Balaban J connectivity index is 2.84. The van der Waals surface area contributed by atoms with E-state index >= 15 is 0 Å². The van der Waals surface area contributed by atoms with Gasteiger partial charge in [-0.2, -0.15) is 0 Å². The summed E-state index contributed by atoms with van der Waals surface area (Å²) in [5.41, 5.74) is 16.5. The van der Waals surface area contributed by atoms with Crippen LogP contribution in [0.2, 0.25) is 0 Å². The fraction of sp³-hybridized carbons (Fsp3) is 0.476. The van der Waals surface area contributed by atoms with Gasteiger partial charge in [0.1, 0.15) is 29.9 Å². The molecule has 0 aliphatic carbocycles. The Bertz CT molecular complexity index is 904. The van der Waals surface area contributed by atoms with E-state index in [0.29, 0.717) is 12.0 Å². The molecule has 0 aliphatic rings. The van der Waals surface area contributed by atoms with Crippen molar-refractivity contribution in [1.29, 1.82) is 0 Å². The average Bonchev–Trinajstić information content (AvgIpc) is 2.80. The number of carbonyl (C=O) groups excluding carboxylic acids is 3. The highest BCUT2D eigenvalue weighted by Gasteiger charge is 2.28. The van der Waals surface area contributed by atoms with Crippen LogP contribution in [0.1, 0.15) is 25.3 Å². The van der Waals surface area contributed by atoms with E-state index < -0.39 is 54.5 Å². The van der Waals surface area contributed by atoms with Gasteiger partial charge in [0.2, 0.25) is 17.7 Å². The number of aliphatic carboxylic acids is 1. The molecule has 35 heavy (non-hydrogen) atoms. The molecule has 0 heterocycles. The molecule has 4 atom stereocenters. The molecule has 1 rings (SSSR count). The van der Waals surface area contributed by atoms with E-state index in [9.17, 15) is 29.4 Å². The molecule has 4 unspecified atom stereocenters. The van der Waals surface area contributed by atoms with Gasteiger partial charge in [0.25, 0.3) is 0 Å². The van der Waals surface area contributed by atoms with Gasteiger partial charge >= 0.3 is 5.97 Å². The van der Waals surface area contributed by atoms with Crippen LogP contribution in [0.5, 0.6) is 5.75 Å². The van der Waals surface area contributed by atoms with E-state index in [1.54, 1.807) is 12.1 Å². The Morgan fingerprint density at radius 2 is 1.57 bits per heavy atom. The number of aliphatic hydroxyl groups excluding tert-OH is 1. The molecule has 0 saturated carbocycles. The maximum absolute atomic E-state index is 12.9. The van der Waals surface area contributed by atoms with Crippen molar-refractivity contribution in [3.63, 3.8) is 0 Å². The predicted molar refractivity (Wildman–Crippen MR) is 126 cm³/mol. The SMILES string of the molecule is CC(NC(=O)C(Cc1ccc(O)cc1)NC(=O)C(N)CO)C(=O)NC(CCCN=C(N)N)C(=O)O. The summed E-state index contributed by atoms with van der Waals surface area (Å²) in [4.78, 5) is 52.7. The molecular weight excluding hydrogens is 462 g/mol. The van der Waals surface area contributed by atoms with E-state index in [2.05, 4.69) is 20.9 Å². The number of carboxylic acids is 1. The number of nitrogens with zero attached hydrogens (tertiary/aromatic N) is 1. The molecule has 14 nitrogen and oxygen atoms in total. The van der Waals surface area contributed by atoms with E-state index in [4.69, 9.17) is 22.3 Å². The number of nitrogens with two attached hydrogens (primary N) is 3. The number of phenolic OH excluding ortho intramolecular Hbond substituents is 1. The van der Waals surface area contributed by atoms with Gasteiger partial charge in [-0.3, -0.25) is 19.4 Å². The lowest BCUT2D eigenvalue weighted by molar-refractivity contribution is -0.142. The highest BCUT2D eigenvalue weighted by atomic mass is 16.4. The minimum absolute atomic E-state index is 0.00706. The monoisotopic (exact) mass is 495 g/mol. The van der Waals surface area contributed by atoms with Gasteiger partial charge in [0.05, 0.1) is 6.61 Å². The summed E-state index contributed by atoms with van der Waals surface area (Å²) >= 11 is 0. The van der Waals surface area contributed by atoms with Crippen LogP contribution in [0.4, 0.5) is 0 Å². The highest BCUT2D eigenvalue weighted by molar-refractivity contribution is 5.94. The van der Waals surface area contributed by atoms with Crippen LogP contribution in [0, 0.1) is 0 Å². The van der Waals surface area contributed by atoms with Crippen LogP contribution < -0.4 is 33.2 Å². The molecule has 0 saturated heterocycles. The standard InChI is InChI=1S/C21H33N7O7/c1-11(17(31)27-15(20(34)35)3-2-8-25-21(23)24)26-19(33)16(28-18(32)14(22)10-29)9-12-4-6-13(30)7-5-12/h4-7,11,14-16,29-30H,2-3,8-10,22H2,1H3,(H,26,33)(H,27,31)(H,28,32)(H,34,35)(H4,23,24,25). The molecule has 0 fully saturated rings. The molecule has 1 aromatic carbocycles. The summed E-state index contributed by atoms with van der Waals surface area (Å²) < 4.78 is 0. The van der Waals surface area contributed by atoms with E-state index in [1.807, 2.05) is 0 Å². The summed E-state index contributed by atoms with van der Waals surface area (Å²) in [7, 11) is 0. The number of carboxylic acid groups (broad SMARTS) is 1. The second kappa shape index (κ2) is 14.4. The Morgan fingerprint density at radius 1 is 0.971 bits per heavy atom. The molecule has 0 bridgehead atoms. The topological polar surface area (TPSA) is 255 Å². The van der Waals surface area contributed by atoms with E-state index in [0.717, 1.165) is 0 Å². The van der Waals surface area contributed by atoms with Gasteiger partial charge < -0.3 is 48.5 Å². The summed E-state index contributed by atoms with van der Waals surface area (Å²) in [6.07, 6.45) is 0.339. The van der Waals surface area contributed by atoms with Crippen LogP contribution in [-0.2, 0) is 25.6 Å². The number of benzene rings is 1. The third-order valence-corrected chi connectivity index (χ3v) is 4.85. The third kappa shape index (κ3) is 10.7. The van der Waals surface area contributed by atoms with Gasteiger partial charge in [0, 0.05) is 13.0 Å². The Hall–Kier alpha value is -3.91. The van der Waals surface area contributed by atoms with Gasteiger partial charge in [-0.1, -0.05) is 12.1 Å². The summed E-state index contributed by atoms with van der Waals surface area (Å²) in [5, 5.41) is 35.1. The summed E-state index contributed by atoms with van der Waals surface area (Å²) in [6, 6.07) is 1.09. The van der Waals surface area contributed by atoms with Gasteiger partial charge in [-0.15, -0.1) is 0 Å². The minimum Gasteiger partial charge on any atom is -0.508 e. The number of aromatic hydroxyl groups is 1. The van der Waals surface area contributed by atoms with E-state index in [-0.39, 0.29) is 31.1 Å². The molecule has 3 amide bonds. The van der Waals surface area contributed by atoms with Crippen molar-refractivity contribution >= 4 is 29.7 Å². The van der Waals surface area contributed by atoms with Crippen molar-refractivity contribution in [3.8, 4) is 5.75 Å². The normalized spacial score (nSPS) is 14.0. The van der Waals surface area contributed by atoms with E-state index in [1.165, 1.54) is 19.1 Å². The fourth-order valence-electron chi connectivity index (χ4n) is 2.88. The van der Waals surface area contributed by atoms with Crippen molar-refractivity contribution in [1.82, 2.24) is 16.0 Å². The number of hydrogen-bond acceptors (Lipinski definition) is 8. The Labute approximate surface area is 201 Å². The predicted octanol–water partition coefficient (Wildman–Crippen LogP) is -3.13. The lowest BCUT2D eigenvalue weighted by atomic mass is 10.0. The van der Waals surface area contributed by atoms with Crippen molar-refractivity contribution in [3.05, 3.63) is 29.8 Å². The first kappa shape index (κ1) is 29.1. The highest BCUT2D eigenvalue weighted by Crippen LogP contribution is 2.12. The number of rotatable bonds is 14. The number of aliphatic hydroxyl groups is 1. The van der Waals surface area contributed by atoms with Gasteiger partial charge in [-0.25, -0.2) is 4.79 Å². The van der Waals surface area contributed by atoms with Crippen molar-refractivity contribution < 1.29 is 34.5 Å². The number of phenols is 1. The molecule has 0 spiro atoms. The van der Waals surface area contributed by atoms with Crippen LogP contribution in [0.3, 0.4) is 0 Å². The first-order chi connectivity index (χ1) is 16.4.